The molecule has 1 heterocycles. The van der Waals surface area contributed by atoms with Crippen LogP contribution in [0.5, 0.6) is 0 Å². The Hall–Kier alpha value is -2.71. The van der Waals surface area contributed by atoms with Crippen LogP contribution in [-0.2, 0) is 14.8 Å². The first-order valence-corrected chi connectivity index (χ1v) is 11.2. The van der Waals surface area contributed by atoms with Crippen molar-refractivity contribution in [3.8, 4) is 0 Å². The molecule has 9 heteroatoms. The van der Waals surface area contributed by atoms with Crippen LogP contribution in [0, 0.1) is 0 Å². The average Bonchev–Trinajstić information content (AvgIpc) is 2.93. The van der Waals surface area contributed by atoms with Gasteiger partial charge in [0.15, 0.2) is 5.84 Å². The van der Waals surface area contributed by atoms with Crippen molar-refractivity contribution >= 4 is 39.6 Å². The van der Waals surface area contributed by atoms with Crippen LogP contribution in [0.3, 0.4) is 0 Å². The summed E-state index contributed by atoms with van der Waals surface area (Å²) in [5, 5.41) is 9.24. The number of sulfonamides is 1. The highest BCUT2D eigenvalue weighted by atomic mass is 35.5. The molecule has 0 aliphatic carbocycles. The van der Waals surface area contributed by atoms with Crippen molar-refractivity contribution in [2.75, 3.05) is 6.54 Å². The first-order valence-electron chi connectivity index (χ1n) is 9.38. The Labute approximate surface area is 181 Å². The third-order valence-corrected chi connectivity index (χ3v) is 5.83. The smallest absolute Gasteiger partial charge is 0.285 e. The third-order valence-electron chi connectivity index (χ3n) is 4.16. The molecule has 3 rings (SSSR count). The SMILES string of the molecule is CC(C)(C)NC(=O)CCN(/N=C/c1ccccc1Cl)C1=NS(=O)(=O)c2ccccc21. The molecular weight excluding hydrogens is 424 g/mol. The van der Waals surface area contributed by atoms with Gasteiger partial charge in [-0.1, -0.05) is 41.9 Å². The van der Waals surface area contributed by atoms with E-state index < -0.39 is 10.0 Å². The second-order valence-corrected chi connectivity index (χ2v) is 9.80. The minimum atomic E-state index is -3.81. The first kappa shape index (κ1) is 22.0. The van der Waals surface area contributed by atoms with Crippen molar-refractivity contribution in [2.24, 2.45) is 9.50 Å². The number of hydrogen-bond acceptors (Lipinski definition) is 5. The molecule has 1 amide bonds. The molecule has 0 bridgehead atoms. The Morgan fingerprint density at radius 3 is 2.53 bits per heavy atom. The molecular formula is C21H23ClN4O3S. The van der Waals surface area contributed by atoms with E-state index in [0.717, 1.165) is 0 Å². The largest absolute Gasteiger partial charge is 0.351 e. The van der Waals surface area contributed by atoms with Crippen molar-refractivity contribution < 1.29 is 13.2 Å². The number of halogens is 1. The zero-order valence-corrected chi connectivity index (χ0v) is 18.5. The minimum absolute atomic E-state index is 0.109. The molecule has 1 aliphatic heterocycles. The van der Waals surface area contributed by atoms with Crippen molar-refractivity contribution in [3.63, 3.8) is 0 Å². The normalized spacial score (nSPS) is 15.0. The van der Waals surface area contributed by atoms with E-state index in [9.17, 15) is 13.2 Å². The summed E-state index contributed by atoms with van der Waals surface area (Å²) in [4.78, 5) is 12.4. The fraction of sp³-hybridized carbons (Fsp3) is 0.286. The quantitative estimate of drug-likeness (QED) is 0.562. The van der Waals surface area contributed by atoms with Gasteiger partial charge in [0.05, 0.1) is 12.8 Å². The van der Waals surface area contributed by atoms with E-state index in [1.54, 1.807) is 36.4 Å². The number of benzene rings is 2. The monoisotopic (exact) mass is 446 g/mol. The van der Waals surface area contributed by atoms with Crippen molar-refractivity contribution in [3.05, 3.63) is 64.7 Å². The lowest BCUT2D eigenvalue weighted by Crippen LogP contribution is -2.42. The summed E-state index contributed by atoms with van der Waals surface area (Å²) in [6.45, 7) is 5.82. The van der Waals surface area contributed by atoms with Crippen molar-refractivity contribution in [1.29, 1.82) is 0 Å². The molecule has 30 heavy (non-hydrogen) atoms. The van der Waals surface area contributed by atoms with Gasteiger partial charge in [-0.2, -0.15) is 13.5 Å². The van der Waals surface area contributed by atoms with E-state index in [1.165, 1.54) is 17.3 Å². The summed E-state index contributed by atoms with van der Waals surface area (Å²) in [5.41, 5.74) is 0.743. The highest BCUT2D eigenvalue weighted by Crippen LogP contribution is 2.27. The van der Waals surface area contributed by atoms with Crippen LogP contribution in [0.25, 0.3) is 0 Å². The van der Waals surface area contributed by atoms with Gasteiger partial charge in [-0.05, 0) is 39.0 Å². The molecule has 0 atom stereocenters. The van der Waals surface area contributed by atoms with Gasteiger partial charge >= 0.3 is 0 Å². The predicted octanol–water partition coefficient (Wildman–Crippen LogP) is 3.43. The maximum Gasteiger partial charge on any atom is 0.285 e. The van der Waals surface area contributed by atoms with Gasteiger partial charge < -0.3 is 5.32 Å². The zero-order valence-electron chi connectivity index (χ0n) is 17.0. The van der Waals surface area contributed by atoms with Crippen LogP contribution in [0.2, 0.25) is 5.02 Å². The Kier molecular flexibility index (Phi) is 6.28. The fourth-order valence-corrected chi connectivity index (χ4v) is 4.28. The van der Waals surface area contributed by atoms with Gasteiger partial charge in [0, 0.05) is 28.1 Å². The average molecular weight is 447 g/mol. The summed E-state index contributed by atoms with van der Waals surface area (Å²) in [7, 11) is -3.81. The van der Waals surface area contributed by atoms with E-state index in [1.807, 2.05) is 26.8 Å². The lowest BCUT2D eigenvalue weighted by Gasteiger charge is -2.22. The zero-order chi connectivity index (χ0) is 21.9. The third kappa shape index (κ3) is 5.25. The number of hydrogen-bond donors (Lipinski definition) is 1. The maximum absolute atomic E-state index is 12.5. The molecule has 0 unspecified atom stereocenters. The molecule has 1 N–H and O–H groups in total. The molecule has 0 fully saturated rings. The van der Waals surface area contributed by atoms with E-state index >= 15 is 0 Å². The number of rotatable bonds is 5. The van der Waals surface area contributed by atoms with Crippen LogP contribution in [0.15, 0.2) is 62.9 Å². The fourth-order valence-electron chi connectivity index (χ4n) is 2.89. The number of hydrazone groups is 1. The topological polar surface area (TPSA) is 91.2 Å². The Morgan fingerprint density at radius 2 is 1.83 bits per heavy atom. The Bertz CT molecular complexity index is 1120. The summed E-state index contributed by atoms with van der Waals surface area (Å²) >= 11 is 6.19. The predicted molar refractivity (Wildman–Crippen MR) is 118 cm³/mol. The van der Waals surface area contributed by atoms with Crippen LogP contribution in [-0.4, -0.2) is 43.5 Å². The standard InChI is InChI=1S/C21H23ClN4O3S/c1-21(2,3)24-19(27)12-13-26(23-14-15-8-4-6-10-17(15)22)20-16-9-5-7-11-18(16)30(28,29)25-20/h4-11,14H,12-13H2,1-3H3,(H,24,27)/b23-14+. The Morgan fingerprint density at radius 1 is 1.17 bits per heavy atom. The minimum Gasteiger partial charge on any atom is -0.351 e. The van der Waals surface area contributed by atoms with Gasteiger partial charge in [-0.3, -0.25) is 4.79 Å². The van der Waals surface area contributed by atoms with E-state index in [2.05, 4.69) is 14.8 Å². The van der Waals surface area contributed by atoms with Gasteiger partial charge in [0.25, 0.3) is 10.0 Å². The number of amidine groups is 1. The number of nitrogens with zero attached hydrogens (tertiary/aromatic N) is 3. The van der Waals surface area contributed by atoms with Gasteiger partial charge in [-0.15, -0.1) is 4.40 Å². The summed E-state index contributed by atoms with van der Waals surface area (Å²) in [5.74, 6) is 0.00708. The molecule has 2 aromatic rings. The second kappa shape index (κ2) is 8.57. The number of nitrogens with one attached hydrogen (secondary N) is 1. The molecule has 2 aromatic carbocycles. The molecule has 0 saturated heterocycles. The highest BCUT2D eigenvalue weighted by Gasteiger charge is 2.32. The van der Waals surface area contributed by atoms with Gasteiger partial charge in [0.2, 0.25) is 5.91 Å². The van der Waals surface area contributed by atoms with Crippen LogP contribution >= 0.6 is 11.6 Å². The maximum atomic E-state index is 12.5. The summed E-state index contributed by atoms with van der Waals surface area (Å²) in [6, 6.07) is 13.7. The highest BCUT2D eigenvalue weighted by molar-refractivity contribution is 7.90. The number of carbonyl (C=O) groups excluding carboxylic acids is 1. The molecule has 0 saturated carbocycles. The molecule has 158 valence electrons. The molecule has 0 aromatic heterocycles. The molecule has 0 radical (unpaired) electrons. The Balaban J connectivity index is 1.92. The van der Waals surface area contributed by atoms with Gasteiger partial charge in [0.1, 0.15) is 4.90 Å². The van der Waals surface area contributed by atoms with E-state index in [0.29, 0.717) is 16.1 Å². The van der Waals surface area contributed by atoms with E-state index in [-0.39, 0.29) is 35.1 Å². The number of carbonyl (C=O) groups is 1. The second-order valence-electron chi connectivity index (χ2n) is 7.82. The first-order chi connectivity index (χ1) is 14.1. The lowest BCUT2D eigenvalue weighted by molar-refractivity contribution is -0.122. The summed E-state index contributed by atoms with van der Waals surface area (Å²) < 4.78 is 28.8. The van der Waals surface area contributed by atoms with Crippen LogP contribution in [0.1, 0.15) is 38.3 Å². The van der Waals surface area contributed by atoms with Crippen molar-refractivity contribution in [2.45, 2.75) is 37.6 Å². The number of fused-ring (bicyclic) bond motifs is 1. The molecule has 1 aliphatic rings. The van der Waals surface area contributed by atoms with Gasteiger partial charge in [-0.25, -0.2) is 5.01 Å². The van der Waals surface area contributed by atoms with Crippen molar-refractivity contribution in [1.82, 2.24) is 10.3 Å². The molecule has 0 spiro atoms. The van der Waals surface area contributed by atoms with Crippen LogP contribution < -0.4 is 5.32 Å². The number of amides is 1. The summed E-state index contributed by atoms with van der Waals surface area (Å²) in [6.07, 6.45) is 1.64. The van der Waals surface area contributed by atoms with E-state index in [4.69, 9.17) is 11.6 Å². The lowest BCUT2D eigenvalue weighted by atomic mass is 10.1. The molecule has 7 nitrogen and oxygen atoms in total. The van der Waals surface area contributed by atoms with Crippen LogP contribution in [0.4, 0.5) is 0 Å².